The minimum atomic E-state index is -4.46. The van der Waals surface area contributed by atoms with E-state index in [2.05, 4.69) is 54.1 Å². The molecule has 0 radical (unpaired) electrons. The Hall–Kier alpha value is -3.94. The molecule has 9 nitrogen and oxygen atoms in total. The molecule has 232 valence electrons. The summed E-state index contributed by atoms with van der Waals surface area (Å²) in [6.45, 7) is 12.1. The molecule has 5 rings (SSSR count). The average molecular weight is 626 g/mol. The normalized spacial score (nSPS) is 15.2. The van der Waals surface area contributed by atoms with Gasteiger partial charge in [0, 0.05) is 29.5 Å². The summed E-state index contributed by atoms with van der Waals surface area (Å²) >= 11 is 0. The Morgan fingerprint density at radius 3 is 2.39 bits per heavy atom. The van der Waals surface area contributed by atoms with Gasteiger partial charge >= 0.3 is 6.18 Å². The first-order chi connectivity index (χ1) is 20.6. The van der Waals surface area contributed by atoms with Crippen molar-refractivity contribution >= 4 is 36.7 Å². The van der Waals surface area contributed by atoms with Crippen molar-refractivity contribution in [1.82, 2.24) is 19.5 Å². The average Bonchev–Trinajstić information content (AvgIpc) is 3.31. The summed E-state index contributed by atoms with van der Waals surface area (Å²) < 4.78 is 52.7. The maximum Gasteiger partial charge on any atom is 0.416 e. The quantitative estimate of drug-likeness (QED) is 0.179. The van der Waals surface area contributed by atoms with Gasteiger partial charge in [-0.05, 0) is 41.9 Å². The minimum absolute atomic E-state index is 0.0199. The first-order valence-electron chi connectivity index (χ1n) is 14.1. The van der Waals surface area contributed by atoms with Crippen molar-refractivity contribution in [1.29, 1.82) is 0 Å². The zero-order chi connectivity index (χ0) is 31.9. The largest absolute Gasteiger partial charge is 0.416 e. The van der Waals surface area contributed by atoms with Gasteiger partial charge in [0.1, 0.15) is 17.5 Å². The van der Waals surface area contributed by atoms with Crippen molar-refractivity contribution in [2.24, 2.45) is 0 Å². The highest BCUT2D eigenvalue weighted by molar-refractivity contribution is 6.74. The second-order valence-corrected chi connectivity index (χ2v) is 17.5. The van der Waals surface area contributed by atoms with E-state index in [4.69, 9.17) is 9.16 Å². The van der Waals surface area contributed by atoms with Gasteiger partial charge in [-0.25, -0.2) is 9.97 Å². The fourth-order valence-corrected chi connectivity index (χ4v) is 5.72. The number of pyridine rings is 1. The van der Waals surface area contributed by atoms with Crippen molar-refractivity contribution in [3.63, 3.8) is 0 Å². The Bertz CT molecular complexity index is 1690. The Kier molecular flexibility index (Phi) is 8.25. The van der Waals surface area contributed by atoms with Crippen LogP contribution in [-0.2, 0) is 32.1 Å². The molecule has 1 saturated heterocycles. The van der Waals surface area contributed by atoms with Crippen molar-refractivity contribution < 1.29 is 31.9 Å². The smallest absolute Gasteiger partial charge is 0.414 e. The molecule has 0 spiro atoms. The molecule has 0 aliphatic carbocycles. The molecule has 0 bridgehead atoms. The summed E-state index contributed by atoms with van der Waals surface area (Å²) in [4.78, 5) is 39.3. The standard InChI is InChI=1S/C31H34F3N5O4Si/c1-29(2,3)44(4,5)43-18-30(16-42-17-30)39-15-25(24-14-36-19-37-28(24)39)27(41)21-11-23(13-35-12-21)38-26(40)10-20-6-8-22(9-7-20)31(32,33)34/h6-9,11-15,19H,10,16-18H2,1-5H3,(H,38,40). The Balaban J connectivity index is 1.37. The van der Waals surface area contributed by atoms with E-state index in [1.54, 1.807) is 12.4 Å². The van der Waals surface area contributed by atoms with Gasteiger partial charge in [-0.2, -0.15) is 13.2 Å². The van der Waals surface area contributed by atoms with E-state index in [0.29, 0.717) is 42.0 Å². The van der Waals surface area contributed by atoms with Crippen LogP contribution in [0.5, 0.6) is 0 Å². The van der Waals surface area contributed by atoms with E-state index >= 15 is 0 Å². The lowest BCUT2D eigenvalue weighted by molar-refractivity contribution is -0.137. The van der Waals surface area contributed by atoms with Crippen molar-refractivity contribution in [2.45, 2.75) is 57.0 Å². The number of alkyl halides is 3. The number of halogens is 3. The number of carbonyl (C=O) groups is 2. The number of amides is 1. The molecule has 1 fully saturated rings. The lowest BCUT2D eigenvalue weighted by Gasteiger charge is -2.46. The molecule has 0 unspecified atom stereocenters. The summed E-state index contributed by atoms with van der Waals surface area (Å²) in [5, 5.41) is 3.26. The third-order valence-corrected chi connectivity index (χ3v) is 12.9. The summed E-state index contributed by atoms with van der Waals surface area (Å²) in [6.07, 6.45) is 2.98. The van der Waals surface area contributed by atoms with Gasteiger partial charge in [-0.1, -0.05) is 32.9 Å². The number of carbonyl (C=O) groups excluding carboxylic acids is 2. The van der Waals surface area contributed by atoms with Gasteiger partial charge < -0.3 is 19.0 Å². The number of benzene rings is 1. The lowest BCUT2D eigenvalue weighted by atomic mass is 9.98. The van der Waals surface area contributed by atoms with Gasteiger partial charge in [-0.15, -0.1) is 0 Å². The molecule has 1 N–H and O–H groups in total. The Labute approximate surface area is 254 Å². The van der Waals surface area contributed by atoms with Crippen LogP contribution in [0.3, 0.4) is 0 Å². The van der Waals surface area contributed by atoms with Crippen LogP contribution >= 0.6 is 0 Å². The van der Waals surface area contributed by atoms with E-state index < -0.39 is 31.5 Å². The second kappa shape index (κ2) is 11.5. The zero-order valence-electron chi connectivity index (χ0n) is 25.2. The summed E-state index contributed by atoms with van der Waals surface area (Å²) in [6, 6.07) is 5.90. The molecule has 3 aromatic heterocycles. The number of nitrogens with one attached hydrogen (secondary N) is 1. The molecular weight excluding hydrogens is 591 g/mol. The summed E-state index contributed by atoms with van der Waals surface area (Å²) in [5.74, 6) is -0.801. The topological polar surface area (TPSA) is 108 Å². The van der Waals surface area contributed by atoms with E-state index in [1.165, 1.54) is 36.9 Å². The molecular formula is C31H34F3N5O4Si. The third kappa shape index (κ3) is 6.30. The number of rotatable bonds is 9. The van der Waals surface area contributed by atoms with Crippen LogP contribution < -0.4 is 5.32 Å². The van der Waals surface area contributed by atoms with Crippen molar-refractivity contribution in [2.75, 3.05) is 25.1 Å². The SMILES string of the molecule is CC(C)(C)[Si](C)(C)OCC1(n2cc(C(=O)c3cncc(NC(=O)Cc4ccc(C(F)(F)F)cc4)c3)c3cncnc32)COC1. The molecule has 1 aliphatic rings. The van der Waals surface area contributed by atoms with E-state index in [1.807, 2.05) is 4.57 Å². The van der Waals surface area contributed by atoms with E-state index in [-0.39, 0.29) is 28.5 Å². The second-order valence-electron chi connectivity index (χ2n) is 12.6. The fraction of sp³-hybridized carbons (Fsp3) is 0.387. The van der Waals surface area contributed by atoms with Crippen LogP contribution in [0.4, 0.5) is 18.9 Å². The third-order valence-electron chi connectivity index (χ3n) is 8.40. The maximum atomic E-state index is 13.8. The van der Waals surface area contributed by atoms with Gasteiger partial charge in [0.25, 0.3) is 0 Å². The molecule has 0 saturated carbocycles. The monoisotopic (exact) mass is 625 g/mol. The highest BCUT2D eigenvalue weighted by Crippen LogP contribution is 2.40. The van der Waals surface area contributed by atoms with Gasteiger partial charge in [0.15, 0.2) is 14.1 Å². The van der Waals surface area contributed by atoms with Crippen molar-refractivity contribution in [3.05, 3.63) is 83.7 Å². The van der Waals surface area contributed by atoms with E-state index in [9.17, 15) is 22.8 Å². The molecule has 13 heteroatoms. The first kappa shape index (κ1) is 31.5. The van der Waals surface area contributed by atoms with E-state index in [0.717, 1.165) is 12.1 Å². The van der Waals surface area contributed by atoms with Crippen LogP contribution in [0.25, 0.3) is 11.0 Å². The van der Waals surface area contributed by atoms with Crippen molar-refractivity contribution in [3.8, 4) is 0 Å². The predicted octanol–water partition coefficient (Wildman–Crippen LogP) is 6.00. The Morgan fingerprint density at radius 1 is 1.07 bits per heavy atom. The zero-order valence-corrected chi connectivity index (χ0v) is 26.2. The number of aromatic nitrogens is 4. The van der Waals surface area contributed by atoms with Gasteiger partial charge in [-0.3, -0.25) is 14.6 Å². The Morgan fingerprint density at radius 2 is 1.77 bits per heavy atom. The van der Waals surface area contributed by atoms with Crippen LogP contribution in [0, 0.1) is 0 Å². The predicted molar refractivity (Wildman–Crippen MR) is 161 cm³/mol. The molecule has 4 heterocycles. The number of hydrogen-bond donors (Lipinski definition) is 1. The number of ketones is 1. The summed E-state index contributed by atoms with van der Waals surface area (Å²) in [5.41, 5.74) is 0.551. The minimum Gasteiger partial charge on any atom is -0.414 e. The highest BCUT2D eigenvalue weighted by Gasteiger charge is 2.46. The fourth-order valence-electron chi connectivity index (χ4n) is 4.66. The van der Waals surface area contributed by atoms with Crippen LogP contribution in [0.1, 0.15) is 47.8 Å². The maximum absolute atomic E-state index is 13.8. The lowest BCUT2D eigenvalue weighted by Crippen LogP contribution is -2.57. The highest BCUT2D eigenvalue weighted by atomic mass is 28.4. The number of fused-ring (bicyclic) bond motifs is 1. The number of ether oxygens (including phenoxy) is 1. The molecule has 4 aromatic rings. The molecule has 1 aromatic carbocycles. The van der Waals surface area contributed by atoms with Crippen LogP contribution in [0.15, 0.2) is 61.4 Å². The number of hydrogen-bond acceptors (Lipinski definition) is 7. The molecule has 44 heavy (non-hydrogen) atoms. The molecule has 1 amide bonds. The van der Waals surface area contributed by atoms with Gasteiger partial charge in [0.2, 0.25) is 5.91 Å². The number of anilines is 1. The first-order valence-corrected chi connectivity index (χ1v) is 17.0. The number of nitrogens with zero attached hydrogens (tertiary/aromatic N) is 4. The molecule has 0 atom stereocenters. The summed E-state index contributed by atoms with van der Waals surface area (Å²) in [7, 11) is -2.08. The van der Waals surface area contributed by atoms with Gasteiger partial charge in [0.05, 0.1) is 49.3 Å². The van der Waals surface area contributed by atoms with Crippen LogP contribution in [0.2, 0.25) is 18.1 Å². The van der Waals surface area contributed by atoms with Crippen LogP contribution in [-0.4, -0.2) is 59.3 Å². The molecule has 1 aliphatic heterocycles.